The Morgan fingerprint density at radius 2 is 2.00 bits per heavy atom. The number of rotatable bonds is 6. The van der Waals surface area contributed by atoms with Crippen LogP contribution in [0.15, 0.2) is 34.5 Å². The number of benzene rings is 1. The average Bonchev–Trinajstić information content (AvgIpc) is 2.89. The van der Waals surface area contributed by atoms with E-state index in [4.69, 9.17) is 23.2 Å². The van der Waals surface area contributed by atoms with Crippen LogP contribution >= 0.6 is 34.5 Å². The van der Waals surface area contributed by atoms with Crippen molar-refractivity contribution in [1.82, 2.24) is 5.32 Å². The number of thiophene rings is 1. The number of sulfonamides is 1. The fraction of sp³-hybridized carbons (Fsp3) is 0.231. The second-order valence-corrected chi connectivity index (χ2v) is 7.71. The third-order valence-corrected chi connectivity index (χ3v) is 5.77. The number of nitrogens with one attached hydrogen (secondary N) is 2. The third-order valence-electron chi connectivity index (χ3n) is 2.70. The van der Waals surface area contributed by atoms with Gasteiger partial charge in [-0.05, 0) is 36.2 Å². The Bertz CT molecular complexity index is 730. The Labute approximate surface area is 138 Å². The summed E-state index contributed by atoms with van der Waals surface area (Å²) < 4.78 is 27.4. The van der Waals surface area contributed by atoms with Crippen molar-refractivity contribution < 1.29 is 8.42 Å². The summed E-state index contributed by atoms with van der Waals surface area (Å²) in [5.74, 6) is 0. The van der Waals surface area contributed by atoms with Crippen LogP contribution in [-0.4, -0.2) is 15.0 Å². The van der Waals surface area contributed by atoms with Gasteiger partial charge in [0.1, 0.15) is 4.90 Å². The van der Waals surface area contributed by atoms with Gasteiger partial charge >= 0.3 is 0 Å². The van der Waals surface area contributed by atoms with E-state index in [9.17, 15) is 8.42 Å². The van der Waals surface area contributed by atoms with E-state index in [-0.39, 0.29) is 10.6 Å². The second-order valence-electron chi connectivity index (χ2n) is 4.22. The maximum atomic E-state index is 12.5. The predicted octanol–water partition coefficient (Wildman–Crippen LogP) is 3.97. The van der Waals surface area contributed by atoms with Crippen LogP contribution < -0.4 is 10.0 Å². The summed E-state index contributed by atoms with van der Waals surface area (Å²) in [5.41, 5.74) is 0.268. The maximum absolute atomic E-state index is 12.5. The van der Waals surface area contributed by atoms with Crippen molar-refractivity contribution in [2.24, 2.45) is 0 Å². The van der Waals surface area contributed by atoms with E-state index < -0.39 is 10.0 Å². The van der Waals surface area contributed by atoms with Crippen molar-refractivity contribution in [1.29, 1.82) is 0 Å². The molecule has 2 rings (SSSR count). The first-order valence-electron chi connectivity index (χ1n) is 6.19. The molecule has 0 radical (unpaired) electrons. The Morgan fingerprint density at radius 3 is 2.71 bits per heavy atom. The van der Waals surface area contributed by atoms with Gasteiger partial charge in [0, 0.05) is 16.4 Å². The van der Waals surface area contributed by atoms with Gasteiger partial charge in [0.15, 0.2) is 0 Å². The highest BCUT2D eigenvalue weighted by molar-refractivity contribution is 7.93. The van der Waals surface area contributed by atoms with Crippen LogP contribution in [0.3, 0.4) is 0 Å². The van der Waals surface area contributed by atoms with E-state index in [1.807, 2.05) is 6.92 Å². The zero-order valence-corrected chi connectivity index (χ0v) is 14.3. The summed E-state index contributed by atoms with van der Waals surface area (Å²) >= 11 is 13.3. The van der Waals surface area contributed by atoms with Gasteiger partial charge in [0.2, 0.25) is 0 Å². The van der Waals surface area contributed by atoms with Gasteiger partial charge < -0.3 is 5.32 Å². The Hall–Kier alpha value is -0.790. The quantitative estimate of drug-likeness (QED) is 0.815. The van der Waals surface area contributed by atoms with Crippen LogP contribution in [0, 0.1) is 0 Å². The first kappa shape index (κ1) is 16.6. The minimum atomic E-state index is -3.69. The molecule has 4 nitrogen and oxygen atoms in total. The maximum Gasteiger partial charge on any atom is 0.263 e. The highest BCUT2D eigenvalue weighted by Gasteiger charge is 2.20. The van der Waals surface area contributed by atoms with Gasteiger partial charge in [-0.1, -0.05) is 30.1 Å². The summed E-state index contributed by atoms with van der Waals surface area (Å²) in [7, 11) is -3.69. The van der Waals surface area contributed by atoms with E-state index in [1.54, 1.807) is 23.6 Å². The normalized spacial score (nSPS) is 11.6. The lowest BCUT2D eigenvalue weighted by Gasteiger charge is -2.11. The Balaban J connectivity index is 2.30. The molecule has 0 amide bonds. The minimum Gasteiger partial charge on any atom is -0.312 e. The highest BCUT2D eigenvalue weighted by Crippen LogP contribution is 2.29. The molecule has 0 atom stereocenters. The van der Waals surface area contributed by atoms with Crippen molar-refractivity contribution in [3.63, 3.8) is 0 Å². The Morgan fingerprint density at radius 1 is 1.24 bits per heavy atom. The average molecular weight is 365 g/mol. The fourth-order valence-electron chi connectivity index (χ4n) is 1.71. The lowest BCUT2D eigenvalue weighted by Crippen LogP contribution is -2.17. The van der Waals surface area contributed by atoms with Crippen molar-refractivity contribution >= 4 is 50.2 Å². The predicted molar refractivity (Wildman–Crippen MR) is 89.0 cm³/mol. The zero-order valence-electron chi connectivity index (χ0n) is 11.2. The molecule has 0 saturated heterocycles. The molecule has 1 aromatic carbocycles. The topological polar surface area (TPSA) is 58.2 Å². The Kier molecular flexibility index (Phi) is 5.51. The molecule has 21 heavy (non-hydrogen) atoms. The SMILES string of the molecule is CCNCc1sccc1S(=O)(=O)Nc1cc(Cl)ccc1Cl. The first-order chi connectivity index (χ1) is 9.94. The van der Waals surface area contributed by atoms with Crippen molar-refractivity contribution in [3.05, 3.63) is 44.6 Å². The molecule has 0 spiro atoms. The van der Waals surface area contributed by atoms with Gasteiger partial charge in [-0.2, -0.15) is 0 Å². The van der Waals surface area contributed by atoms with Gasteiger partial charge in [-0.25, -0.2) is 8.42 Å². The molecule has 2 aromatic rings. The highest BCUT2D eigenvalue weighted by atomic mass is 35.5. The third kappa shape index (κ3) is 4.11. The summed E-state index contributed by atoms with van der Waals surface area (Å²) in [6, 6.07) is 6.22. The molecule has 2 N–H and O–H groups in total. The molecule has 0 aliphatic carbocycles. The largest absolute Gasteiger partial charge is 0.312 e. The van der Waals surface area contributed by atoms with Gasteiger partial charge in [-0.3, -0.25) is 4.72 Å². The van der Waals surface area contributed by atoms with Crippen LogP contribution in [0.1, 0.15) is 11.8 Å². The van der Waals surface area contributed by atoms with Crippen LogP contribution in [0.5, 0.6) is 0 Å². The summed E-state index contributed by atoms with van der Waals surface area (Å²) in [4.78, 5) is 1.01. The monoisotopic (exact) mass is 364 g/mol. The number of hydrogen-bond acceptors (Lipinski definition) is 4. The van der Waals surface area contributed by atoms with Crippen molar-refractivity contribution in [3.8, 4) is 0 Å². The summed E-state index contributed by atoms with van der Waals surface area (Å²) in [6.07, 6.45) is 0. The van der Waals surface area contributed by atoms with Gasteiger partial charge in [-0.15, -0.1) is 11.3 Å². The number of halogens is 2. The van der Waals surface area contributed by atoms with Crippen LogP contribution in [-0.2, 0) is 16.6 Å². The van der Waals surface area contributed by atoms with E-state index in [0.29, 0.717) is 16.6 Å². The lowest BCUT2D eigenvalue weighted by atomic mass is 10.3. The smallest absolute Gasteiger partial charge is 0.263 e. The van der Waals surface area contributed by atoms with E-state index in [2.05, 4.69) is 10.0 Å². The molecule has 0 fully saturated rings. The summed E-state index contributed by atoms with van der Waals surface area (Å²) in [5, 5.41) is 5.58. The molecular weight excluding hydrogens is 351 g/mol. The van der Waals surface area contributed by atoms with Gasteiger partial charge in [0.05, 0.1) is 10.7 Å². The molecule has 1 aromatic heterocycles. The lowest BCUT2D eigenvalue weighted by molar-refractivity contribution is 0.599. The minimum absolute atomic E-state index is 0.254. The number of anilines is 1. The van der Waals surface area contributed by atoms with Crippen LogP contribution in [0.4, 0.5) is 5.69 Å². The van der Waals surface area contributed by atoms with Crippen LogP contribution in [0.2, 0.25) is 10.0 Å². The van der Waals surface area contributed by atoms with Crippen molar-refractivity contribution in [2.75, 3.05) is 11.3 Å². The van der Waals surface area contributed by atoms with E-state index in [0.717, 1.165) is 11.4 Å². The molecule has 0 aliphatic rings. The molecule has 0 aliphatic heterocycles. The molecule has 1 heterocycles. The van der Waals surface area contributed by atoms with Gasteiger partial charge in [0.25, 0.3) is 10.0 Å². The summed E-state index contributed by atoms with van der Waals surface area (Å²) in [6.45, 7) is 3.24. The molecule has 8 heteroatoms. The van der Waals surface area contributed by atoms with E-state index in [1.165, 1.54) is 17.4 Å². The molecule has 0 unspecified atom stereocenters. The fourth-order valence-corrected chi connectivity index (χ4v) is 4.59. The zero-order chi connectivity index (χ0) is 15.5. The molecule has 0 bridgehead atoms. The molecular formula is C13H14Cl2N2O2S2. The standard InChI is InChI=1S/C13H14Cl2N2O2S2/c1-2-16-8-12-13(5-6-20-12)21(18,19)17-11-7-9(14)3-4-10(11)15/h3-7,16-17H,2,8H2,1H3. The van der Waals surface area contributed by atoms with Crippen molar-refractivity contribution in [2.45, 2.75) is 18.4 Å². The first-order valence-corrected chi connectivity index (χ1v) is 9.31. The number of hydrogen-bond donors (Lipinski definition) is 2. The van der Waals surface area contributed by atoms with Crippen LogP contribution in [0.25, 0.3) is 0 Å². The second kappa shape index (κ2) is 6.98. The molecule has 114 valence electrons. The van der Waals surface area contributed by atoms with E-state index >= 15 is 0 Å². The molecule has 0 saturated carbocycles.